The number of methoxy groups -OCH3 is 1. The Hall–Kier alpha value is -3.06. The van der Waals surface area contributed by atoms with Gasteiger partial charge in [-0.3, -0.25) is 19.2 Å². The lowest BCUT2D eigenvalue weighted by Crippen LogP contribution is -2.56. The zero-order valence-corrected chi connectivity index (χ0v) is 28.0. The molecule has 1 aromatic carbocycles. The fourth-order valence-electron chi connectivity index (χ4n) is 7.19. The highest BCUT2D eigenvalue weighted by molar-refractivity contribution is 9.11. The Balaban J connectivity index is 1.59. The number of hydrogen-bond donors (Lipinski definition) is 2. The van der Waals surface area contributed by atoms with Crippen molar-refractivity contribution < 1.29 is 38.5 Å². The van der Waals surface area contributed by atoms with Crippen LogP contribution in [0.1, 0.15) is 57.1 Å². The van der Waals surface area contributed by atoms with Crippen LogP contribution in [0.2, 0.25) is 0 Å². The van der Waals surface area contributed by atoms with Crippen LogP contribution in [0.5, 0.6) is 0 Å². The third-order valence-corrected chi connectivity index (χ3v) is 9.97. The highest BCUT2D eigenvalue weighted by atomic mass is 79.9. The van der Waals surface area contributed by atoms with Gasteiger partial charge in [-0.1, -0.05) is 78.2 Å². The van der Waals surface area contributed by atoms with Crippen molar-refractivity contribution in [3.63, 3.8) is 0 Å². The Morgan fingerprint density at radius 1 is 1.04 bits per heavy atom. The molecule has 2 fully saturated rings. The minimum Gasteiger partial charge on any atom is -0.455 e. The number of fused-ring (bicyclic) bond motifs is 2. The van der Waals surface area contributed by atoms with E-state index in [2.05, 4.69) is 28.2 Å². The van der Waals surface area contributed by atoms with Crippen LogP contribution >= 0.6 is 15.9 Å². The lowest BCUT2D eigenvalue weighted by molar-refractivity contribution is -0.162. The molecule has 0 aliphatic carbocycles. The number of allylic oxidation sites excluding steroid dienone is 1. The Morgan fingerprint density at radius 3 is 2.54 bits per heavy atom. The topological polar surface area (TPSA) is 135 Å². The predicted molar refractivity (Wildman–Crippen MR) is 172 cm³/mol. The molecule has 0 radical (unpaired) electrons. The lowest BCUT2D eigenvalue weighted by Gasteiger charge is -2.36. The van der Waals surface area contributed by atoms with Gasteiger partial charge in [-0.2, -0.15) is 0 Å². The average molecular weight is 703 g/mol. The molecule has 0 aromatic heterocycles. The number of carbonyl (C=O) groups excluding carboxylic acids is 4. The number of hydrogen-bond acceptors (Lipinski definition) is 8. The van der Waals surface area contributed by atoms with Crippen LogP contribution in [0.4, 0.5) is 0 Å². The summed E-state index contributed by atoms with van der Waals surface area (Å²) in [5.74, 6) is -3.60. The molecular formula is C34H44BrN3O8. The highest BCUT2D eigenvalue weighted by Crippen LogP contribution is 2.59. The molecular weight excluding hydrogens is 658 g/mol. The zero-order valence-electron chi connectivity index (χ0n) is 26.4. The number of ether oxygens (including phenoxy) is 3. The van der Waals surface area contributed by atoms with E-state index in [4.69, 9.17) is 14.2 Å². The van der Waals surface area contributed by atoms with Gasteiger partial charge in [0.25, 0.3) is 0 Å². The fraction of sp³-hybridized carbons (Fsp3) is 0.588. The first-order valence-electron chi connectivity index (χ1n) is 16.2. The summed E-state index contributed by atoms with van der Waals surface area (Å²) < 4.78 is 18.9. The van der Waals surface area contributed by atoms with Crippen molar-refractivity contribution >= 4 is 39.6 Å². The molecule has 4 heterocycles. The van der Waals surface area contributed by atoms with Gasteiger partial charge in [0.05, 0.1) is 18.6 Å². The third-order valence-electron chi connectivity index (χ3n) is 9.29. The molecule has 3 amide bonds. The van der Waals surface area contributed by atoms with E-state index in [1.54, 1.807) is 11.0 Å². The van der Waals surface area contributed by atoms with Crippen molar-refractivity contribution in [2.45, 2.75) is 75.3 Å². The van der Waals surface area contributed by atoms with Crippen molar-refractivity contribution in [3.05, 3.63) is 58.6 Å². The number of esters is 1. The highest BCUT2D eigenvalue weighted by Gasteiger charge is 2.74. The average Bonchev–Trinajstić information content (AvgIpc) is 3.64. The van der Waals surface area contributed by atoms with Crippen molar-refractivity contribution in [1.82, 2.24) is 15.1 Å². The van der Waals surface area contributed by atoms with E-state index >= 15 is 0 Å². The number of nitrogens with one attached hydrogen (secondary N) is 1. The number of aliphatic hydroxyl groups excluding tert-OH is 1. The molecule has 5 bridgehead atoms. The van der Waals surface area contributed by atoms with Gasteiger partial charge in [-0.15, -0.1) is 0 Å². The van der Waals surface area contributed by atoms with E-state index in [0.717, 1.165) is 19.3 Å². The normalized spacial score (nSPS) is 32.3. The van der Waals surface area contributed by atoms with Crippen LogP contribution in [0.15, 0.2) is 53.0 Å². The van der Waals surface area contributed by atoms with E-state index in [9.17, 15) is 24.3 Å². The van der Waals surface area contributed by atoms with Crippen molar-refractivity contribution in [3.8, 4) is 0 Å². The first kappa shape index (κ1) is 34.3. The predicted octanol–water partition coefficient (Wildman–Crippen LogP) is 3.03. The van der Waals surface area contributed by atoms with Gasteiger partial charge < -0.3 is 34.4 Å². The van der Waals surface area contributed by atoms with Crippen LogP contribution in [-0.2, 0) is 33.4 Å². The van der Waals surface area contributed by atoms with Crippen molar-refractivity contribution in [2.24, 2.45) is 11.8 Å². The standard InChI is InChI=1S/C34H44BrN3O8/c1-3-4-10-16-37-17-11-6-9-15-25(40)36-24(21-44-2)28(22-13-7-5-8-14-22)45-33(43)26-27-31(41)38(18-12-19-39)30(32(37)42)34(27)20-23(35)29(26)46-34/h5-8,11,13-14,20,24,26-30,39H,3-4,9-10,12,15-19,21H2,1-2H3,(H,36,40)/b11-6-/t24-,26+,27-,28-,29+,30+,34-/m1/s1. The molecule has 2 N–H and O–H groups in total. The van der Waals surface area contributed by atoms with Crippen LogP contribution in [0.3, 0.4) is 0 Å². The van der Waals surface area contributed by atoms with Crippen LogP contribution < -0.4 is 5.32 Å². The first-order chi connectivity index (χ1) is 22.3. The molecule has 5 rings (SSSR count). The number of amides is 3. The molecule has 1 spiro atoms. The van der Waals surface area contributed by atoms with Gasteiger partial charge in [0, 0.05) is 44.3 Å². The number of rotatable bonds is 10. The summed E-state index contributed by atoms with van der Waals surface area (Å²) in [7, 11) is 1.51. The molecule has 4 aliphatic rings. The number of halogens is 1. The maximum absolute atomic E-state index is 14.5. The Kier molecular flexibility index (Phi) is 11.3. The molecule has 2 saturated heterocycles. The molecule has 46 heavy (non-hydrogen) atoms. The summed E-state index contributed by atoms with van der Waals surface area (Å²) >= 11 is 3.59. The minimum atomic E-state index is -1.39. The molecule has 11 nitrogen and oxygen atoms in total. The maximum atomic E-state index is 14.5. The van der Waals surface area contributed by atoms with Gasteiger partial charge in [-0.05, 0) is 30.9 Å². The Morgan fingerprint density at radius 2 is 1.83 bits per heavy atom. The third kappa shape index (κ3) is 6.67. The van der Waals surface area contributed by atoms with Gasteiger partial charge in [0.15, 0.2) is 0 Å². The van der Waals surface area contributed by atoms with Crippen molar-refractivity contribution in [2.75, 3.05) is 40.0 Å². The van der Waals surface area contributed by atoms with E-state index in [1.807, 2.05) is 42.5 Å². The van der Waals surface area contributed by atoms with Gasteiger partial charge in [0.2, 0.25) is 17.7 Å². The van der Waals surface area contributed by atoms with E-state index in [1.165, 1.54) is 12.0 Å². The molecule has 7 atom stereocenters. The van der Waals surface area contributed by atoms with Crippen LogP contribution in [0.25, 0.3) is 0 Å². The quantitative estimate of drug-likeness (QED) is 0.216. The summed E-state index contributed by atoms with van der Waals surface area (Å²) in [6.07, 6.45) is 7.40. The fourth-order valence-corrected chi connectivity index (χ4v) is 7.93. The monoisotopic (exact) mass is 701 g/mol. The second-order valence-corrected chi connectivity index (χ2v) is 13.3. The summed E-state index contributed by atoms with van der Waals surface area (Å²) in [4.78, 5) is 59.5. The number of benzene rings is 1. The van der Waals surface area contributed by atoms with Crippen LogP contribution in [-0.4, -0.2) is 102 Å². The molecule has 0 unspecified atom stereocenters. The molecule has 250 valence electrons. The number of unbranched alkanes of at least 4 members (excludes halogenated alkanes) is 2. The van der Waals surface area contributed by atoms with E-state index in [-0.39, 0.29) is 50.3 Å². The van der Waals surface area contributed by atoms with E-state index < -0.39 is 47.7 Å². The maximum Gasteiger partial charge on any atom is 0.313 e. The summed E-state index contributed by atoms with van der Waals surface area (Å²) in [6.45, 7) is 2.92. The lowest BCUT2D eigenvalue weighted by atomic mass is 9.74. The van der Waals surface area contributed by atoms with Gasteiger partial charge in [0.1, 0.15) is 29.8 Å². The Labute approximate surface area is 278 Å². The summed E-state index contributed by atoms with van der Waals surface area (Å²) in [6, 6.07) is 7.37. The molecule has 12 heteroatoms. The second kappa shape index (κ2) is 15.2. The minimum absolute atomic E-state index is 0.0765. The molecule has 4 aliphatic heterocycles. The Bertz CT molecular complexity index is 1340. The number of nitrogens with zero attached hydrogens (tertiary/aromatic N) is 2. The van der Waals surface area contributed by atoms with Crippen molar-refractivity contribution in [1.29, 1.82) is 0 Å². The van der Waals surface area contributed by atoms with Gasteiger partial charge in [-0.25, -0.2) is 0 Å². The first-order valence-corrected chi connectivity index (χ1v) is 17.0. The number of likely N-dealkylation sites (tertiary alicyclic amines) is 1. The number of cyclic esters (lactones) is 1. The summed E-state index contributed by atoms with van der Waals surface area (Å²) in [5, 5.41) is 12.7. The summed E-state index contributed by atoms with van der Waals surface area (Å²) in [5.41, 5.74) is -0.734. The van der Waals surface area contributed by atoms with E-state index in [0.29, 0.717) is 29.6 Å². The molecule has 1 aromatic rings. The largest absolute Gasteiger partial charge is 0.455 e. The second-order valence-electron chi connectivity index (χ2n) is 12.3. The zero-order chi connectivity index (χ0) is 32.8. The van der Waals surface area contributed by atoms with Gasteiger partial charge >= 0.3 is 5.97 Å². The van der Waals surface area contributed by atoms with Crippen LogP contribution in [0, 0.1) is 11.8 Å². The smallest absolute Gasteiger partial charge is 0.313 e. The number of carbonyl (C=O) groups is 4. The molecule has 0 saturated carbocycles. The SMILES string of the molecule is CCCCCN1C/C=C\CCC(=O)N[C@H](COC)[C@@H](c2ccccc2)OC(=O)[C@@H]2[C@H]3O[C@@]4(C=C3Br)[C@H](C1=O)N(CCCO)C(=O)[C@@H]24. The number of aliphatic hydroxyl groups is 1.